The van der Waals surface area contributed by atoms with E-state index in [1.54, 1.807) is 46.6 Å². The van der Waals surface area contributed by atoms with Crippen molar-refractivity contribution in [2.45, 2.75) is 6.92 Å². The van der Waals surface area contributed by atoms with Gasteiger partial charge in [0.1, 0.15) is 35.2 Å². The number of ketones is 1. The molecule has 0 spiro atoms. The second-order valence-electron chi connectivity index (χ2n) is 17.9. The molecule has 0 unspecified atom stereocenters. The van der Waals surface area contributed by atoms with E-state index in [9.17, 15) is 19.5 Å². The quantitative estimate of drug-likeness (QED) is 0.0132. The van der Waals surface area contributed by atoms with Crippen molar-refractivity contribution in [1.29, 1.82) is 0 Å². The van der Waals surface area contributed by atoms with Gasteiger partial charge in [0.25, 0.3) is 12.4 Å². The van der Waals surface area contributed by atoms with E-state index in [1.165, 1.54) is 6.07 Å². The third-order valence-corrected chi connectivity index (χ3v) is 13.4. The van der Waals surface area contributed by atoms with Gasteiger partial charge in [-0.05, 0) is 61.0 Å². The average Bonchev–Trinajstić information content (AvgIpc) is 4.43. The second-order valence-corrected chi connectivity index (χ2v) is 19.0. The molecule has 0 saturated heterocycles. The Morgan fingerprint density at radius 1 is 0.707 bits per heavy atom. The molecule has 0 aliphatic carbocycles. The van der Waals surface area contributed by atoms with E-state index in [-0.39, 0.29) is 62.4 Å². The number of hydrogen-bond acceptors (Lipinski definition) is 20. The number of thioether (sulfide) groups is 1. The van der Waals surface area contributed by atoms with E-state index in [4.69, 9.17) is 33.6 Å². The number of amidine groups is 2. The minimum atomic E-state index is -0.708. The highest BCUT2D eigenvalue weighted by Gasteiger charge is 2.35. The van der Waals surface area contributed by atoms with Crippen molar-refractivity contribution in [3.05, 3.63) is 165 Å². The van der Waals surface area contributed by atoms with E-state index < -0.39 is 11.8 Å². The first kappa shape index (κ1) is 57.2. The number of nitrogens with zero attached hydrogens (tertiary/aromatic N) is 8. The van der Waals surface area contributed by atoms with Gasteiger partial charge in [-0.3, -0.25) is 24.4 Å². The lowest BCUT2D eigenvalue weighted by atomic mass is 10.1. The van der Waals surface area contributed by atoms with Crippen molar-refractivity contribution < 1.29 is 53.1 Å². The number of aromatic hydroxyl groups is 1. The molecule has 10 rings (SSSR count). The number of allylic oxidation sites excluding steroid dienone is 1. The summed E-state index contributed by atoms with van der Waals surface area (Å²) in [5, 5.41) is 48.5. The third kappa shape index (κ3) is 15.0. The molecule has 82 heavy (non-hydrogen) atoms. The zero-order chi connectivity index (χ0) is 57.0. The number of Topliss-reactive ketones (excluding diaryl/α,β-unsaturated/α-hetero) is 1. The Labute approximate surface area is 475 Å². The molecule has 2 aromatic heterocycles. The minimum absolute atomic E-state index is 0.0729. The molecule has 0 fully saturated rings. The zero-order valence-electron chi connectivity index (χ0n) is 44.5. The number of benzene rings is 5. The van der Waals surface area contributed by atoms with Crippen molar-refractivity contribution in [2.24, 2.45) is 9.98 Å². The summed E-state index contributed by atoms with van der Waals surface area (Å²) >= 11 is 1.12. The van der Waals surface area contributed by atoms with Crippen LogP contribution in [0.3, 0.4) is 0 Å². The first-order chi connectivity index (χ1) is 40.2. The van der Waals surface area contributed by atoms with E-state index in [0.717, 1.165) is 71.9 Å². The third-order valence-electron chi connectivity index (χ3n) is 12.4. The standard InChI is InChI=1S/C57H56N12O9S.CH2O2/c1-2-77-57(73)51-52(71)50(79-56(51)63-43-6-4-3-5-7-43)31-37-8-17-49(48(70)30-37)78-29-28-76-27-26-75-25-24-74-23-22-62-55(72)42-32-44(68-35-46(64-66-68)38-9-13-40(14-10-38)53-58-18-19-59-53)34-45(33-42)69-36-47(65-67-69)39-11-15-41(16-12-39)54-60-20-21-61-54;2-1-3/h3-17,30-36,63,70H,2,18-29H2,1H3,(H,58,59)(H,60,61)(H,62,72);1H,(H,2,3)/b50-31-;. The summed E-state index contributed by atoms with van der Waals surface area (Å²) in [4.78, 5) is 57.5. The van der Waals surface area contributed by atoms with Crippen molar-refractivity contribution in [3.8, 4) is 45.4 Å². The topological polar surface area (TPSA) is 289 Å². The number of amides is 1. The highest BCUT2D eigenvalue weighted by molar-refractivity contribution is 8.08. The Hall–Kier alpha value is -9.49. The molecule has 0 saturated carbocycles. The average molecular weight is 1130 g/mol. The van der Waals surface area contributed by atoms with Gasteiger partial charge in [-0.2, -0.15) is 0 Å². The molecule has 3 aliphatic heterocycles. The Balaban J connectivity index is 0.00000264. The summed E-state index contributed by atoms with van der Waals surface area (Å²) in [5.41, 5.74) is 7.81. The first-order valence-corrected chi connectivity index (χ1v) is 27.0. The molecule has 24 heteroatoms. The molecule has 1 amide bonds. The number of aromatic nitrogens is 6. The lowest BCUT2D eigenvalue weighted by Crippen LogP contribution is -2.28. The number of rotatable bonds is 25. The monoisotopic (exact) mass is 1130 g/mol. The molecule has 7 aromatic rings. The Morgan fingerprint density at radius 3 is 1.79 bits per heavy atom. The van der Waals surface area contributed by atoms with Crippen molar-refractivity contribution >= 4 is 59.3 Å². The van der Waals surface area contributed by atoms with Gasteiger partial charge in [0, 0.05) is 53.1 Å². The summed E-state index contributed by atoms with van der Waals surface area (Å²) in [6, 6.07) is 35.3. The van der Waals surface area contributed by atoms with E-state index in [2.05, 4.69) is 51.9 Å². The summed E-state index contributed by atoms with van der Waals surface area (Å²) in [7, 11) is 0. The van der Waals surface area contributed by atoms with Gasteiger partial charge < -0.3 is 55.2 Å². The fraction of sp³-hybridized carbons (Fsp3) is 0.241. The van der Waals surface area contributed by atoms with Crippen LogP contribution in [0.4, 0.5) is 5.69 Å². The smallest absolute Gasteiger partial charge is 0.344 e. The van der Waals surface area contributed by atoms with Crippen molar-refractivity contribution in [2.75, 3.05) is 90.9 Å². The number of carbonyl (C=O) groups excluding carboxylic acids is 3. The highest BCUT2D eigenvalue weighted by atomic mass is 32.2. The Bertz CT molecular complexity index is 3370. The number of aliphatic imine (C=N–C) groups is 2. The number of para-hydroxylation sites is 1. The molecule has 5 aromatic carbocycles. The molecule has 0 atom stereocenters. The Morgan fingerprint density at radius 2 is 1.26 bits per heavy atom. The van der Waals surface area contributed by atoms with Crippen LogP contribution >= 0.6 is 11.8 Å². The van der Waals surface area contributed by atoms with Crippen LogP contribution in [0, 0.1) is 0 Å². The lowest BCUT2D eigenvalue weighted by molar-refractivity contribution is -0.139. The lowest BCUT2D eigenvalue weighted by Gasteiger charge is -2.11. The Kier molecular flexibility index (Phi) is 19.9. The van der Waals surface area contributed by atoms with Crippen LogP contribution in [0.25, 0.3) is 40.0 Å². The summed E-state index contributed by atoms with van der Waals surface area (Å²) in [5.74, 6) is 0.383. The normalized spacial score (nSPS) is 14.1. The molecular formula is C58H58N12O11S. The maximum atomic E-state index is 13.7. The number of hydrogen-bond donors (Lipinski definition) is 6. The number of phenols is 1. The largest absolute Gasteiger partial charge is 0.504 e. The number of phenolic OH excluding ortho intramolecular Hbond substituents is 1. The molecule has 3 aliphatic rings. The molecule has 0 bridgehead atoms. The van der Waals surface area contributed by atoms with Crippen LogP contribution in [0.5, 0.6) is 11.5 Å². The van der Waals surface area contributed by atoms with Gasteiger partial charge in [0.05, 0.1) is 93.0 Å². The minimum Gasteiger partial charge on any atom is -0.504 e. The van der Waals surface area contributed by atoms with Gasteiger partial charge in [-0.1, -0.05) is 95.0 Å². The van der Waals surface area contributed by atoms with Crippen LogP contribution in [0.15, 0.2) is 153 Å². The number of carbonyl (C=O) groups is 4. The number of carboxylic acid groups (broad SMARTS) is 1. The molecular weight excluding hydrogens is 1070 g/mol. The van der Waals surface area contributed by atoms with Crippen LogP contribution < -0.4 is 26.0 Å². The van der Waals surface area contributed by atoms with Gasteiger partial charge in [-0.15, -0.1) is 10.2 Å². The summed E-state index contributed by atoms with van der Waals surface area (Å²) in [6.45, 7) is 6.87. The van der Waals surface area contributed by atoms with E-state index in [0.29, 0.717) is 75.9 Å². The van der Waals surface area contributed by atoms with Crippen LogP contribution in [-0.4, -0.2) is 162 Å². The number of nitrogens with one attached hydrogen (secondary N) is 4. The van der Waals surface area contributed by atoms with Crippen LogP contribution in [0.2, 0.25) is 0 Å². The predicted octanol–water partition coefficient (Wildman–Crippen LogP) is 5.69. The van der Waals surface area contributed by atoms with Crippen LogP contribution in [0.1, 0.15) is 34.0 Å². The van der Waals surface area contributed by atoms with E-state index >= 15 is 0 Å². The molecule has 0 radical (unpaired) electrons. The van der Waals surface area contributed by atoms with Gasteiger partial charge in [-0.25, -0.2) is 14.2 Å². The predicted molar refractivity (Wildman–Crippen MR) is 307 cm³/mol. The maximum Gasteiger partial charge on any atom is 0.344 e. The SMILES string of the molecule is CCOC(=O)C1=C(Nc2ccccc2)S/C(=C\c2ccc(OCCOCCOCCOCCNC(=O)c3cc(-n4cc(-c5ccc(C6=NCCN6)cc5)nn4)cc(-n4cc(-c5ccc(C6=NCCN6)cc5)nn4)c3)c(O)c2)C1=O.O=CO. The number of ether oxygens (including phenoxy) is 5. The van der Waals surface area contributed by atoms with Crippen molar-refractivity contribution in [3.63, 3.8) is 0 Å². The summed E-state index contributed by atoms with van der Waals surface area (Å²) in [6.07, 6.45) is 5.23. The van der Waals surface area contributed by atoms with E-state index in [1.807, 2.05) is 97.3 Å². The van der Waals surface area contributed by atoms with Gasteiger partial charge in [0.15, 0.2) is 11.5 Å². The molecule has 422 valence electrons. The summed E-state index contributed by atoms with van der Waals surface area (Å²) < 4.78 is 31.2. The molecule has 6 N–H and O–H groups in total. The highest BCUT2D eigenvalue weighted by Crippen LogP contribution is 2.41. The second kappa shape index (κ2) is 28.6. The first-order valence-electron chi connectivity index (χ1n) is 26.2. The zero-order valence-corrected chi connectivity index (χ0v) is 45.3. The van der Waals surface area contributed by atoms with Gasteiger partial charge in [0.2, 0.25) is 5.78 Å². The molecule has 5 heterocycles. The molecule has 23 nitrogen and oxygen atoms in total. The number of esters is 1. The maximum absolute atomic E-state index is 13.7. The fourth-order valence-electron chi connectivity index (χ4n) is 8.46. The van der Waals surface area contributed by atoms with Crippen LogP contribution in [-0.2, 0) is 33.3 Å². The number of anilines is 1. The fourth-order valence-corrected chi connectivity index (χ4v) is 9.52. The van der Waals surface area contributed by atoms with Gasteiger partial charge >= 0.3 is 5.97 Å². The van der Waals surface area contributed by atoms with Crippen molar-refractivity contribution in [1.82, 2.24) is 45.9 Å².